The molecule has 3 heteroatoms. The van der Waals surface area contributed by atoms with E-state index in [9.17, 15) is 4.79 Å². The van der Waals surface area contributed by atoms with Gasteiger partial charge in [-0.3, -0.25) is 4.79 Å². The van der Waals surface area contributed by atoms with E-state index in [4.69, 9.17) is 5.11 Å². The van der Waals surface area contributed by atoms with E-state index < -0.39 is 5.97 Å². The van der Waals surface area contributed by atoms with E-state index >= 15 is 0 Å². The Morgan fingerprint density at radius 1 is 0.571 bits per heavy atom. The summed E-state index contributed by atoms with van der Waals surface area (Å²) < 4.78 is 0. The van der Waals surface area contributed by atoms with Crippen LogP contribution in [0.1, 0.15) is 154 Å². The van der Waals surface area contributed by atoms with Crippen molar-refractivity contribution in [3.05, 3.63) is 29.8 Å². The first-order valence-electron chi connectivity index (χ1n) is 15.2. The van der Waals surface area contributed by atoms with Gasteiger partial charge in [0.05, 0.1) is 6.42 Å². The predicted octanol–water partition coefficient (Wildman–Crippen LogP) is 11.0. The number of rotatable bonds is 26. The smallest absolute Gasteiger partial charge is 0.307 e. The van der Waals surface area contributed by atoms with Crippen LogP contribution < -0.4 is 0 Å². The van der Waals surface area contributed by atoms with Crippen LogP contribution in [-0.2, 0) is 11.2 Å². The van der Waals surface area contributed by atoms with Crippen LogP contribution in [0.15, 0.2) is 29.2 Å². The van der Waals surface area contributed by atoms with E-state index in [1.807, 2.05) is 23.9 Å². The Kier molecular flexibility index (Phi) is 22.7. The summed E-state index contributed by atoms with van der Waals surface area (Å²) in [5, 5.41) is 8.83. The molecule has 0 aliphatic carbocycles. The molecule has 0 aliphatic rings. The molecular weight excluding hydrogens is 448 g/mol. The lowest BCUT2D eigenvalue weighted by atomic mass is 10.0. The van der Waals surface area contributed by atoms with Crippen molar-refractivity contribution in [3.63, 3.8) is 0 Å². The fourth-order valence-electron chi connectivity index (χ4n) is 4.78. The third-order valence-electron chi connectivity index (χ3n) is 7.05. The molecule has 0 aliphatic heterocycles. The summed E-state index contributed by atoms with van der Waals surface area (Å²) in [5.74, 6) is 0.400. The molecule has 1 N–H and O–H groups in total. The molecule has 0 spiro atoms. The molecule has 1 aromatic rings. The minimum atomic E-state index is -0.764. The standard InChI is InChI=1S/C32H56O2S/c1-2-3-4-5-6-7-8-9-10-11-12-13-14-15-16-17-18-19-20-21-22-23-28-35-31-26-24-30(25-27-31)29-32(33)34/h24-27H,2-23,28-29H2,1H3,(H,33,34). The summed E-state index contributed by atoms with van der Waals surface area (Å²) in [4.78, 5) is 12.0. The van der Waals surface area contributed by atoms with Gasteiger partial charge in [-0.1, -0.05) is 154 Å². The van der Waals surface area contributed by atoms with E-state index in [1.165, 1.54) is 146 Å². The number of hydrogen-bond donors (Lipinski definition) is 1. The minimum Gasteiger partial charge on any atom is -0.481 e. The van der Waals surface area contributed by atoms with Gasteiger partial charge in [0.2, 0.25) is 0 Å². The monoisotopic (exact) mass is 504 g/mol. The van der Waals surface area contributed by atoms with Crippen LogP contribution in [0.2, 0.25) is 0 Å². The van der Waals surface area contributed by atoms with Crippen molar-refractivity contribution in [1.29, 1.82) is 0 Å². The molecule has 0 unspecified atom stereocenters. The van der Waals surface area contributed by atoms with Crippen molar-refractivity contribution in [1.82, 2.24) is 0 Å². The van der Waals surface area contributed by atoms with E-state index in [0.29, 0.717) is 0 Å². The molecule has 1 rings (SSSR count). The fourth-order valence-corrected chi connectivity index (χ4v) is 5.69. The van der Waals surface area contributed by atoms with Crippen molar-refractivity contribution in [3.8, 4) is 0 Å². The number of carbonyl (C=O) groups is 1. The van der Waals surface area contributed by atoms with Crippen molar-refractivity contribution in [2.75, 3.05) is 5.75 Å². The minimum absolute atomic E-state index is 0.115. The van der Waals surface area contributed by atoms with Gasteiger partial charge in [0.15, 0.2) is 0 Å². The maximum Gasteiger partial charge on any atom is 0.307 e. The Bertz CT molecular complexity index is 584. The van der Waals surface area contributed by atoms with E-state index in [2.05, 4.69) is 19.1 Å². The van der Waals surface area contributed by atoms with Gasteiger partial charge in [0, 0.05) is 4.90 Å². The van der Waals surface area contributed by atoms with E-state index in [1.54, 1.807) is 0 Å². The second-order valence-electron chi connectivity index (χ2n) is 10.5. The topological polar surface area (TPSA) is 37.3 Å². The molecule has 0 aromatic heterocycles. The number of aliphatic carboxylic acids is 1. The number of hydrogen-bond acceptors (Lipinski definition) is 2. The average Bonchev–Trinajstić information content (AvgIpc) is 2.85. The van der Waals surface area contributed by atoms with Crippen LogP contribution in [0, 0.1) is 0 Å². The van der Waals surface area contributed by atoms with Crippen LogP contribution in [0.25, 0.3) is 0 Å². The fraction of sp³-hybridized carbons (Fsp3) is 0.781. The average molecular weight is 505 g/mol. The van der Waals surface area contributed by atoms with Crippen molar-refractivity contribution in [2.24, 2.45) is 0 Å². The summed E-state index contributed by atoms with van der Waals surface area (Å²) in [6, 6.07) is 7.99. The highest BCUT2D eigenvalue weighted by Gasteiger charge is 2.01. The highest BCUT2D eigenvalue weighted by molar-refractivity contribution is 7.99. The van der Waals surface area contributed by atoms with Gasteiger partial charge in [0.25, 0.3) is 0 Å². The maximum atomic E-state index is 10.7. The Morgan fingerprint density at radius 3 is 1.26 bits per heavy atom. The second-order valence-corrected chi connectivity index (χ2v) is 11.7. The number of carboxylic acid groups (broad SMARTS) is 1. The highest BCUT2D eigenvalue weighted by Crippen LogP contribution is 2.21. The van der Waals surface area contributed by atoms with E-state index in [0.717, 1.165) is 11.3 Å². The van der Waals surface area contributed by atoms with Crippen LogP contribution >= 0.6 is 11.8 Å². The van der Waals surface area contributed by atoms with Gasteiger partial charge in [-0.15, -0.1) is 11.8 Å². The van der Waals surface area contributed by atoms with Gasteiger partial charge < -0.3 is 5.11 Å². The van der Waals surface area contributed by atoms with Crippen LogP contribution in [0.3, 0.4) is 0 Å². The third-order valence-corrected chi connectivity index (χ3v) is 8.14. The SMILES string of the molecule is CCCCCCCCCCCCCCCCCCCCCCCCSc1ccc(CC(=O)O)cc1. The summed E-state index contributed by atoms with van der Waals surface area (Å²) in [6.07, 6.45) is 31.6. The molecular formula is C32H56O2S. The summed E-state index contributed by atoms with van der Waals surface area (Å²) >= 11 is 1.89. The molecule has 0 heterocycles. The van der Waals surface area contributed by atoms with Crippen molar-refractivity contribution in [2.45, 2.75) is 159 Å². The predicted molar refractivity (Wildman–Crippen MR) is 156 cm³/mol. The first-order chi connectivity index (χ1) is 17.2. The maximum absolute atomic E-state index is 10.7. The van der Waals surface area contributed by atoms with Gasteiger partial charge in [-0.2, -0.15) is 0 Å². The van der Waals surface area contributed by atoms with E-state index in [-0.39, 0.29) is 6.42 Å². The molecule has 0 saturated carbocycles. The molecule has 0 bridgehead atoms. The lowest BCUT2D eigenvalue weighted by molar-refractivity contribution is -0.136. The molecule has 0 atom stereocenters. The molecule has 0 fully saturated rings. The summed E-state index contributed by atoms with van der Waals surface area (Å²) in [6.45, 7) is 2.30. The third kappa shape index (κ3) is 22.0. The largest absolute Gasteiger partial charge is 0.481 e. The Hall–Kier alpha value is -0.960. The number of thioether (sulfide) groups is 1. The Balaban J connectivity index is 1.73. The zero-order valence-corrected chi connectivity index (χ0v) is 23.9. The van der Waals surface area contributed by atoms with Gasteiger partial charge in [-0.05, 0) is 29.9 Å². The van der Waals surface area contributed by atoms with Crippen LogP contribution in [0.5, 0.6) is 0 Å². The van der Waals surface area contributed by atoms with Gasteiger partial charge >= 0.3 is 5.97 Å². The number of unbranched alkanes of at least 4 members (excludes halogenated alkanes) is 21. The van der Waals surface area contributed by atoms with Crippen LogP contribution in [-0.4, -0.2) is 16.8 Å². The Labute approximate surface area is 222 Å². The zero-order chi connectivity index (χ0) is 25.2. The molecule has 35 heavy (non-hydrogen) atoms. The quantitative estimate of drug-likeness (QED) is 0.101. The lowest BCUT2D eigenvalue weighted by Crippen LogP contribution is -1.99. The molecule has 2 nitrogen and oxygen atoms in total. The normalized spacial score (nSPS) is 11.2. The first-order valence-corrected chi connectivity index (χ1v) is 16.1. The van der Waals surface area contributed by atoms with Crippen molar-refractivity contribution < 1.29 is 9.90 Å². The molecule has 0 radical (unpaired) electrons. The number of benzene rings is 1. The summed E-state index contributed by atoms with van der Waals surface area (Å²) in [7, 11) is 0. The lowest BCUT2D eigenvalue weighted by Gasteiger charge is -2.05. The van der Waals surface area contributed by atoms with Gasteiger partial charge in [-0.25, -0.2) is 0 Å². The molecule has 0 amide bonds. The van der Waals surface area contributed by atoms with Crippen LogP contribution in [0.4, 0.5) is 0 Å². The molecule has 202 valence electrons. The number of carboxylic acids is 1. The van der Waals surface area contributed by atoms with Gasteiger partial charge in [0.1, 0.15) is 0 Å². The highest BCUT2D eigenvalue weighted by atomic mass is 32.2. The zero-order valence-electron chi connectivity index (χ0n) is 23.0. The second kappa shape index (κ2) is 24.7. The molecule has 1 aromatic carbocycles. The first kappa shape index (κ1) is 32.1. The summed E-state index contributed by atoms with van der Waals surface area (Å²) in [5.41, 5.74) is 0.881. The Morgan fingerprint density at radius 2 is 0.914 bits per heavy atom. The van der Waals surface area contributed by atoms with Crippen molar-refractivity contribution >= 4 is 17.7 Å². The molecule has 0 saturated heterocycles.